The number of aromatic nitrogens is 4. The molecule has 1 amide bonds. The maximum Gasteiger partial charge on any atom is 0.237 e. The van der Waals surface area contributed by atoms with Crippen LogP contribution in [0.25, 0.3) is 11.4 Å². The number of halogens is 2. The van der Waals surface area contributed by atoms with E-state index in [-0.39, 0.29) is 6.04 Å². The number of anilines is 1. The van der Waals surface area contributed by atoms with Crippen molar-refractivity contribution < 1.29 is 13.6 Å². The van der Waals surface area contributed by atoms with Gasteiger partial charge in [0, 0.05) is 24.0 Å². The van der Waals surface area contributed by atoms with E-state index < -0.39 is 28.5 Å². The van der Waals surface area contributed by atoms with Crippen LogP contribution in [0.3, 0.4) is 0 Å². The summed E-state index contributed by atoms with van der Waals surface area (Å²) >= 11 is 1.21. The molecule has 0 bridgehead atoms. The van der Waals surface area contributed by atoms with Crippen LogP contribution < -0.4 is 5.32 Å². The van der Waals surface area contributed by atoms with Crippen molar-refractivity contribution >= 4 is 23.4 Å². The first-order valence-electron chi connectivity index (χ1n) is 8.81. The summed E-state index contributed by atoms with van der Waals surface area (Å²) in [6.07, 6.45) is 5.43. The molecule has 3 aromatic rings. The number of nitrogens with one attached hydrogen (secondary N) is 1. The normalized spacial score (nSPS) is 14.7. The van der Waals surface area contributed by atoms with E-state index in [1.807, 2.05) is 16.7 Å². The SMILES string of the molecule is C[C@@H](Sc1nnc(-c2cccnc2)n1C1CC1)C(=O)Nc1c(F)cccc1F. The lowest BCUT2D eigenvalue weighted by atomic mass is 10.3. The third-order valence-electron chi connectivity index (χ3n) is 4.36. The van der Waals surface area contributed by atoms with E-state index in [4.69, 9.17) is 0 Å². The molecule has 0 spiro atoms. The lowest BCUT2D eigenvalue weighted by Gasteiger charge is -2.14. The van der Waals surface area contributed by atoms with Gasteiger partial charge in [0.25, 0.3) is 0 Å². The third kappa shape index (κ3) is 3.75. The van der Waals surface area contributed by atoms with E-state index in [1.165, 1.54) is 17.8 Å². The van der Waals surface area contributed by atoms with E-state index in [9.17, 15) is 13.6 Å². The molecule has 9 heteroatoms. The smallest absolute Gasteiger partial charge is 0.237 e. The largest absolute Gasteiger partial charge is 0.320 e. The Morgan fingerprint density at radius 3 is 2.61 bits per heavy atom. The molecule has 4 rings (SSSR count). The highest BCUT2D eigenvalue weighted by Crippen LogP contribution is 2.41. The molecule has 1 fully saturated rings. The van der Waals surface area contributed by atoms with Crippen molar-refractivity contribution in [1.29, 1.82) is 0 Å². The van der Waals surface area contributed by atoms with Crippen molar-refractivity contribution in [3.63, 3.8) is 0 Å². The molecule has 0 aliphatic heterocycles. The Morgan fingerprint density at radius 1 is 1.21 bits per heavy atom. The Morgan fingerprint density at radius 2 is 1.96 bits per heavy atom. The lowest BCUT2D eigenvalue weighted by molar-refractivity contribution is -0.115. The zero-order valence-corrected chi connectivity index (χ0v) is 15.8. The van der Waals surface area contributed by atoms with Crippen LogP contribution in [0, 0.1) is 11.6 Å². The zero-order chi connectivity index (χ0) is 19.7. The van der Waals surface area contributed by atoms with Crippen LogP contribution in [0.2, 0.25) is 0 Å². The fourth-order valence-electron chi connectivity index (χ4n) is 2.76. The fraction of sp³-hybridized carbons (Fsp3) is 0.263. The van der Waals surface area contributed by atoms with Gasteiger partial charge in [-0.1, -0.05) is 17.8 Å². The van der Waals surface area contributed by atoms with Gasteiger partial charge in [0.2, 0.25) is 5.91 Å². The molecule has 1 aliphatic rings. The molecular weight excluding hydrogens is 384 g/mol. The maximum atomic E-state index is 13.8. The summed E-state index contributed by atoms with van der Waals surface area (Å²) in [5.41, 5.74) is 0.402. The summed E-state index contributed by atoms with van der Waals surface area (Å²) in [6, 6.07) is 7.46. The Balaban J connectivity index is 1.54. The number of amides is 1. The van der Waals surface area contributed by atoms with Crippen molar-refractivity contribution in [2.75, 3.05) is 5.32 Å². The third-order valence-corrected chi connectivity index (χ3v) is 5.42. The minimum atomic E-state index is -0.814. The number of carbonyl (C=O) groups excluding carboxylic acids is 1. The summed E-state index contributed by atoms with van der Waals surface area (Å²) in [5, 5.41) is 10.8. The van der Waals surface area contributed by atoms with Gasteiger partial charge in [-0.15, -0.1) is 10.2 Å². The van der Waals surface area contributed by atoms with Crippen molar-refractivity contribution in [1.82, 2.24) is 19.7 Å². The van der Waals surface area contributed by atoms with Gasteiger partial charge in [0.05, 0.1) is 5.25 Å². The molecular formula is C19H17F2N5OS. The molecule has 2 heterocycles. The Kier molecular flexibility index (Phi) is 5.08. The van der Waals surface area contributed by atoms with E-state index in [2.05, 4.69) is 20.5 Å². The average molecular weight is 401 g/mol. The molecule has 28 heavy (non-hydrogen) atoms. The number of hydrogen-bond acceptors (Lipinski definition) is 5. The first-order chi connectivity index (χ1) is 13.5. The van der Waals surface area contributed by atoms with E-state index >= 15 is 0 Å². The van der Waals surface area contributed by atoms with Crippen LogP contribution in [0.1, 0.15) is 25.8 Å². The second-order valence-electron chi connectivity index (χ2n) is 6.50. The standard InChI is InChI=1S/C19H17F2N5OS/c1-11(18(27)23-16-14(20)5-2-6-15(16)21)28-19-25-24-17(26(19)13-7-8-13)12-4-3-9-22-10-12/h2-6,9-11,13H,7-8H2,1H3,(H,23,27)/t11-/m1/s1. The van der Waals surface area contributed by atoms with E-state index in [0.717, 1.165) is 30.5 Å². The van der Waals surface area contributed by atoms with Gasteiger partial charge in [-0.25, -0.2) is 8.78 Å². The molecule has 6 nitrogen and oxygen atoms in total. The predicted molar refractivity (Wildman–Crippen MR) is 102 cm³/mol. The van der Waals surface area contributed by atoms with Crippen LogP contribution in [-0.2, 0) is 4.79 Å². The van der Waals surface area contributed by atoms with Gasteiger partial charge < -0.3 is 5.32 Å². The lowest BCUT2D eigenvalue weighted by Crippen LogP contribution is -2.24. The molecule has 0 unspecified atom stereocenters. The summed E-state index contributed by atoms with van der Waals surface area (Å²) in [5.74, 6) is -1.44. The first-order valence-corrected chi connectivity index (χ1v) is 9.69. The van der Waals surface area contributed by atoms with Gasteiger partial charge in [0.1, 0.15) is 17.3 Å². The summed E-state index contributed by atoms with van der Waals surface area (Å²) < 4.78 is 29.6. The number of nitrogens with zero attached hydrogens (tertiary/aromatic N) is 4. The predicted octanol–water partition coefficient (Wildman–Crippen LogP) is 4.07. The molecule has 1 saturated carbocycles. The summed E-state index contributed by atoms with van der Waals surface area (Å²) in [4.78, 5) is 16.6. The topological polar surface area (TPSA) is 72.7 Å². The van der Waals surface area contributed by atoms with Crippen LogP contribution in [0.4, 0.5) is 14.5 Å². The summed E-state index contributed by atoms with van der Waals surface area (Å²) in [7, 11) is 0. The van der Waals surface area contributed by atoms with E-state index in [1.54, 1.807) is 19.3 Å². The Labute approximate surface area is 164 Å². The number of thioether (sulfide) groups is 1. The first kappa shape index (κ1) is 18.5. The highest BCUT2D eigenvalue weighted by Gasteiger charge is 2.31. The van der Waals surface area contributed by atoms with Crippen molar-refractivity contribution in [3.05, 3.63) is 54.4 Å². The van der Waals surface area contributed by atoms with Gasteiger partial charge in [0.15, 0.2) is 11.0 Å². The average Bonchev–Trinajstić information content (AvgIpc) is 3.45. The quantitative estimate of drug-likeness (QED) is 0.631. The van der Waals surface area contributed by atoms with E-state index in [0.29, 0.717) is 11.0 Å². The van der Waals surface area contributed by atoms with Gasteiger partial charge in [-0.3, -0.25) is 14.3 Å². The molecule has 1 aromatic carbocycles. The van der Waals surface area contributed by atoms with Gasteiger partial charge in [-0.05, 0) is 44.0 Å². The second kappa shape index (κ2) is 7.67. The van der Waals surface area contributed by atoms with Crippen molar-refractivity contribution in [2.45, 2.75) is 36.2 Å². The zero-order valence-electron chi connectivity index (χ0n) is 15.0. The molecule has 1 atom stereocenters. The van der Waals surface area contributed by atoms with Crippen molar-refractivity contribution in [3.8, 4) is 11.4 Å². The van der Waals surface area contributed by atoms with Crippen LogP contribution in [0.5, 0.6) is 0 Å². The van der Waals surface area contributed by atoms with Crippen LogP contribution in [-0.4, -0.2) is 30.9 Å². The number of rotatable bonds is 6. The van der Waals surface area contributed by atoms with Crippen molar-refractivity contribution in [2.24, 2.45) is 0 Å². The summed E-state index contributed by atoms with van der Waals surface area (Å²) in [6.45, 7) is 1.66. The molecule has 1 aliphatic carbocycles. The molecule has 2 aromatic heterocycles. The number of hydrogen-bond donors (Lipinski definition) is 1. The molecule has 1 N–H and O–H groups in total. The maximum absolute atomic E-state index is 13.8. The molecule has 144 valence electrons. The minimum absolute atomic E-state index is 0.284. The number of para-hydroxylation sites is 1. The second-order valence-corrected chi connectivity index (χ2v) is 7.80. The highest BCUT2D eigenvalue weighted by molar-refractivity contribution is 8.00. The Hall–Kier alpha value is -2.81. The minimum Gasteiger partial charge on any atom is -0.320 e. The highest BCUT2D eigenvalue weighted by atomic mass is 32.2. The van der Waals surface area contributed by atoms with Gasteiger partial charge in [-0.2, -0.15) is 0 Å². The molecule has 0 saturated heterocycles. The fourth-order valence-corrected chi connectivity index (χ4v) is 3.68. The number of pyridine rings is 1. The van der Waals surface area contributed by atoms with Crippen LogP contribution >= 0.6 is 11.8 Å². The molecule has 0 radical (unpaired) electrons. The van der Waals surface area contributed by atoms with Gasteiger partial charge >= 0.3 is 0 Å². The number of carbonyl (C=O) groups is 1. The monoisotopic (exact) mass is 401 g/mol. The van der Waals surface area contributed by atoms with Crippen LogP contribution in [0.15, 0.2) is 47.9 Å². The number of benzene rings is 1. The Bertz CT molecular complexity index is 987.